The maximum Gasteiger partial charge on any atom is 0.416 e. The number of aryl methyl sites for hydroxylation is 1. The van der Waals surface area contributed by atoms with Crippen molar-refractivity contribution in [2.75, 3.05) is 5.32 Å². The molecule has 0 aliphatic rings. The Balaban J connectivity index is 1.44. The number of fused-ring (bicyclic) bond motifs is 1. The average molecular weight is 541 g/mol. The van der Waals surface area contributed by atoms with E-state index in [0.29, 0.717) is 34.7 Å². The molecule has 0 unspecified atom stereocenters. The van der Waals surface area contributed by atoms with Crippen LogP contribution in [0.1, 0.15) is 36.3 Å². The maximum absolute atomic E-state index is 13.1. The van der Waals surface area contributed by atoms with Gasteiger partial charge in [0.2, 0.25) is 0 Å². The van der Waals surface area contributed by atoms with E-state index in [0.717, 1.165) is 34.4 Å². The second-order valence-electron chi connectivity index (χ2n) is 9.49. The molecule has 0 saturated heterocycles. The van der Waals surface area contributed by atoms with Gasteiger partial charge in [0, 0.05) is 45.9 Å². The van der Waals surface area contributed by atoms with E-state index >= 15 is 0 Å². The van der Waals surface area contributed by atoms with Crippen LogP contribution in [0.4, 0.5) is 18.9 Å². The predicted molar refractivity (Wildman–Crippen MR) is 139 cm³/mol. The number of aliphatic hydroxyl groups is 1. The first-order chi connectivity index (χ1) is 18.0. The molecule has 11 heteroatoms. The van der Waals surface area contributed by atoms with Crippen LogP contribution in [0.2, 0.25) is 0 Å². The van der Waals surface area contributed by atoms with Gasteiger partial charge in [-0.2, -0.15) is 18.3 Å². The van der Waals surface area contributed by atoms with Crippen molar-refractivity contribution in [1.82, 2.24) is 14.8 Å². The monoisotopic (exact) mass is 540 g/mol. The molecule has 0 saturated carbocycles. The van der Waals surface area contributed by atoms with E-state index in [9.17, 15) is 23.1 Å². The zero-order valence-electron chi connectivity index (χ0n) is 20.4. The molecule has 2 N–H and O–H groups in total. The Hall–Kier alpha value is -3.96. The molecule has 0 bridgehead atoms. The van der Waals surface area contributed by atoms with E-state index in [2.05, 4.69) is 15.4 Å². The second-order valence-corrected chi connectivity index (χ2v) is 10.4. The fraction of sp³-hybridized carbons (Fsp3) is 0.222. The first-order valence-corrected chi connectivity index (χ1v) is 12.5. The highest BCUT2D eigenvalue weighted by Gasteiger charge is 2.30. The SMILES string of the molecule is CC(C)(O)CCn1cc2cc(NC(=O)c3csc(-c4cccc(C(F)(F)F)c4)n3)c(-c3ccoc3)cc2n1. The Kier molecular flexibility index (Phi) is 6.58. The molecular weight excluding hydrogens is 517 g/mol. The van der Waals surface area contributed by atoms with Crippen LogP contribution in [-0.2, 0) is 12.7 Å². The molecule has 0 spiro atoms. The molecule has 1 amide bonds. The van der Waals surface area contributed by atoms with Crippen LogP contribution in [0.15, 0.2) is 71.0 Å². The quantitative estimate of drug-likeness (QED) is 0.235. The normalized spacial score (nSPS) is 12.3. The minimum absolute atomic E-state index is 0.0847. The molecule has 196 valence electrons. The number of benzene rings is 2. The van der Waals surface area contributed by atoms with Crippen LogP contribution in [0.5, 0.6) is 0 Å². The standard InChI is InChI=1S/C27H23F3N4O3S/c1-26(2,36)7-8-34-13-18-11-22(20(12-21(18)33-34)17-6-9-37-14-17)31-24(35)23-15-38-25(32-23)16-4-3-5-19(10-16)27(28,29)30/h3-6,9-15,36H,7-8H2,1-2H3,(H,31,35). The Morgan fingerprint density at radius 2 is 1.97 bits per heavy atom. The minimum atomic E-state index is -4.47. The van der Waals surface area contributed by atoms with E-state index in [1.165, 1.54) is 23.8 Å². The van der Waals surface area contributed by atoms with Crippen molar-refractivity contribution in [2.24, 2.45) is 0 Å². The van der Waals surface area contributed by atoms with Crippen LogP contribution in [0.3, 0.4) is 0 Å². The van der Waals surface area contributed by atoms with Crippen molar-refractivity contribution in [3.05, 3.63) is 77.8 Å². The largest absolute Gasteiger partial charge is 0.472 e. The van der Waals surface area contributed by atoms with E-state index in [-0.39, 0.29) is 11.3 Å². The zero-order chi connectivity index (χ0) is 27.1. The summed E-state index contributed by atoms with van der Waals surface area (Å²) < 4.78 is 46.3. The number of nitrogens with one attached hydrogen (secondary N) is 1. The maximum atomic E-state index is 13.1. The van der Waals surface area contributed by atoms with Gasteiger partial charge in [-0.25, -0.2) is 4.98 Å². The molecule has 0 aliphatic carbocycles. The number of hydrogen-bond acceptors (Lipinski definition) is 6. The van der Waals surface area contributed by atoms with Crippen LogP contribution in [-0.4, -0.2) is 31.4 Å². The van der Waals surface area contributed by atoms with Crippen molar-refractivity contribution < 1.29 is 27.5 Å². The van der Waals surface area contributed by atoms with Crippen molar-refractivity contribution >= 4 is 33.8 Å². The Bertz CT molecular complexity index is 1600. The van der Waals surface area contributed by atoms with Gasteiger partial charge in [-0.3, -0.25) is 9.48 Å². The summed E-state index contributed by atoms with van der Waals surface area (Å²) in [6.07, 6.45) is 0.949. The first-order valence-electron chi connectivity index (χ1n) is 11.7. The fourth-order valence-electron chi connectivity index (χ4n) is 3.91. The smallest absolute Gasteiger partial charge is 0.416 e. The van der Waals surface area contributed by atoms with E-state index in [1.54, 1.807) is 36.9 Å². The Labute approximate surface area is 219 Å². The second kappa shape index (κ2) is 9.73. The van der Waals surface area contributed by atoms with Crippen molar-refractivity contribution in [2.45, 2.75) is 38.6 Å². The average Bonchev–Trinajstić information content (AvgIpc) is 3.62. The number of carbonyl (C=O) groups is 1. The highest BCUT2D eigenvalue weighted by Crippen LogP contribution is 2.35. The number of nitrogens with zero attached hydrogens (tertiary/aromatic N) is 3. The van der Waals surface area contributed by atoms with Gasteiger partial charge >= 0.3 is 6.18 Å². The van der Waals surface area contributed by atoms with Crippen molar-refractivity contribution in [1.29, 1.82) is 0 Å². The summed E-state index contributed by atoms with van der Waals surface area (Å²) in [5.41, 5.74) is 1.37. The number of anilines is 1. The summed E-state index contributed by atoms with van der Waals surface area (Å²) in [5, 5.41) is 20.1. The lowest BCUT2D eigenvalue weighted by atomic mass is 10.0. The van der Waals surface area contributed by atoms with Crippen LogP contribution >= 0.6 is 11.3 Å². The molecule has 7 nitrogen and oxygen atoms in total. The highest BCUT2D eigenvalue weighted by atomic mass is 32.1. The highest BCUT2D eigenvalue weighted by molar-refractivity contribution is 7.13. The first kappa shape index (κ1) is 25.7. The van der Waals surface area contributed by atoms with Crippen LogP contribution in [0.25, 0.3) is 32.6 Å². The molecule has 5 rings (SSSR count). The van der Waals surface area contributed by atoms with E-state index in [4.69, 9.17) is 4.42 Å². The third-order valence-electron chi connectivity index (χ3n) is 5.90. The molecule has 0 atom stereocenters. The van der Waals surface area contributed by atoms with Crippen LogP contribution in [0, 0.1) is 0 Å². The molecule has 0 fully saturated rings. The van der Waals surface area contributed by atoms with Crippen LogP contribution < -0.4 is 5.32 Å². The van der Waals surface area contributed by atoms with E-state index in [1.807, 2.05) is 12.3 Å². The fourth-order valence-corrected chi connectivity index (χ4v) is 4.71. The Morgan fingerprint density at radius 1 is 1.16 bits per heavy atom. The lowest BCUT2D eigenvalue weighted by Crippen LogP contribution is -2.21. The van der Waals surface area contributed by atoms with Gasteiger partial charge in [-0.15, -0.1) is 11.3 Å². The van der Waals surface area contributed by atoms with Gasteiger partial charge in [0.05, 0.1) is 29.2 Å². The number of aromatic nitrogens is 3. The molecule has 3 aromatic heterocycles. The lowest BCUT2D eigenvalue weighted by Gasteiger charge is -2.16. The topological polar surface area (TPSA) is 93.2 Å². The summed E-state index contributed by atoms with van der Waals surface area (Å²) in [7, 11) is 0. The summed E-state index contributed by atoms with van der Waals surface area (Å²) in [5.74, 6) is -0.502. The van der Waals surface area contributed by atoms with Gasteiger partial charge in [0.1, 0.15) is 10.7 Å². The minimum Gasteiger partial charge on any atom is -0.472 e. The van der Waals surface area contributed by atoms with Gasteiger partial charge in [-0.05, 0) is 50.6 Å². The summed E-state index contributed by atoms with van der Waals surface area (Å²) >= 11 is 1.09. The van der Waals surface area contributed by atoms with Gasteiger partial charge in [-0.1, -0.05) is 12.1 Å². The van der Waals surface area contributed by atoms with Crippen molar-refractivity contribution in [3.8, 4) is 21.7 Å². The summed E-state index contributed by atoms with van der Waals surface area (Å²) in [6, 6.07) is 10.2. The molecule has 0 radical (unpaired) electrons. The number of thiazole rings is 1. The third-order valence-corrected chi connectivity index (χ3v) is 6.79. The number of amides is 1. The number of rotatable bonds is 7. The number of carbonyl (C=O) groups excluding carboxylic acids is 1. The van der Waals surface area contributed by atoms with Gasteiger partial charge < -0.3 is 14.8 Å². The molecule has 3 heterocycles. The van der Waals surface area contributed by atoms with Crippen molar-refractivity contribution in [3.63, 3.8) is 0 Å². The summed E-state index contributed by atoms with van der Waals surface area (Å²) in [4.78, 5) is 17.4. The predicted octanol–water partition coefficient (Wildman–Crippen LogP) is 6.85. The number of alkyl halides is 3. The lowest BCUT2D eigenvalue weighted by molar-refractivity contribution is -0.137. The van der Waals surface area contributed by atoms with Gasteiger partial charge in [0.15, 0.2) is 0 Å². The zero-order valence-corrected chi connectivity index (χ0v) is 21.2. The Morgan fingerprint density at radius 3 is 2.68 bits per heavy atom. The molecule has 38 heavy (non-hydrogen) atoms. The third kappa shape index (κ3) is 5.63. The molecular formula is C27H23F3N4O3S. The van der Waals surface area contributed by atoms with Gasteiger partial charge in [0.25, 0.3) is 5.91 Å². The molecule has 0 aliphatic heterocycles. The molecule has 2 aromatic carbocycles. The number of furan rings is 1. The number of halogens is 3. The van der Waals surface area contributed by atoms with E-state index < -0.39 is 23.2 Å². The molecule has 5 aromatic rings. The summed E-state index contributed by atoms with van der Waals surface area (Å²) in [6.45, 7) is 3.98. The number of hydrogen-bond donors (Lipinski definition) is 2.